The van der Waals surface area contributed by atoms with Crippen LogP contribution in [0.25, 0.3) is 0 Å². The number of benzene rings is 3. The number of carbonyl (C=O) groups is 2. The predicted octanol–water partition coefficient (Wildman–Crippen LogP) is 5.61. The maximum atomic E-state index is 12.7. The molecule has 0 aromatic heterocycles. The molecule has 2 amide bonds. The molecule has 0 radical (unpaired) electrons. The van der Waals surface area contributed by atoms with Crippen molar-refractivity contribution < 1.29 is 9.59 Å². The smallest absolute Gasteiger partial charge is 0.251 e. The fourth-order valence-electron chi connectivity index (χ4n) is 3.59. The molecule has 0 unspecified atom stereocenters. The number of thioether (sulfide) groups is 1. The molecule has 1 fully saturated rings. The number of hydrogen-bond donors (Lipinski definition) is 1. The van der Waals surface area contributed by atoms with Gasteiger partial charge >= 0.3 is 0 Å². The van der Waals surface area contributed by atoms with Crippen LogP contribution in [0.2, 0.25) is 5.02 Å². The van der Waals surface area contributed by atoms with Gasteiger partial charge in [-0.15, -0.1) is 11.8 Å². The molecule has 6 heteroatoms. The summed E-state index contributed by atoms with van der Waals surface area (Å²) in [6.07, 6.45) is 0. The lowest BCUT2D eigenvalue weighted by Gasteiger charge is -2.24. The van der Waals surface area contributed by atoms with Crippen molar-refractivity contribution >= 4 is 35.2 Å². The highest BCUT2D eigenvalue weighted by Gasteiger charge is 2.32. The van der Waals surface area contributed by atoms with Crippen LogP contribution in [0.3, 0.4) is 0 Å². The van der Waals surface area contributed by atoms with Gasteiger partial charge in [-0.1, -0.05) is 66.2 Å². The molecule has 1 N–H and O–H groups in total. The minimum absolute atomic E-state index is 0.0662. The molecule has 0 spiro atoms. The second-order valence-electron chi connectivity index (χ2n) is 7.54. The molecule has 1 aliphatic heterocycles. The monoisotopic (exact) mass is 450 g/mol. The Hall–Kier alpha value is -2.76. The molecule has 3 aromatic carbocycles. The van der Waals surface area contributed by atoms with Crippen LogP contribution in [-0.4, -0.2) is 22.5 Å². The molecular formula is C25H23ClN2O2S. The van der Waals surface area contributed by atoms with Gasteiger partial charge in [-0.2, -0.15) is 0 Å². The highest BCUT2D eigenvalue weighted by molar-refractivity contribution is 8.00. The lowest BCUT2D eigenvalue weighted by atomic mass is 10.1. The Labute approximate surface area is 191 Å². The van der Waals surface area contributed by atoms with Gasteiger partial charge in [0.2, 0.25) is 5.91 Å². The van der Waals surface area contributed by atoms with Gasteiger partial charge in [0, 0.05) is 17.1 Å². The third kappa shape index (κ3) is 5.12. The summed E-state index contributed by atoms with van der Waals surface area (Å²) in [6, 6.07) is 24.9. The number of halogens is 1. The Morgan fingerprint density at radius 2 is 1.74 bits per heavy atom. The molecule has 1 aliphatic rings. The largest absolute Gasteiger partial charge is 0.346 e. The van der Waals surface area contributed by atoms with E-state index in [0.29, 0.717) is 22.9 Å². The standard InChI is InChI=1S/C25H23ClN2O2S/c1-17(19-5-3-2-4-6-19)27-24(30)20-9-11-21(12-10-20)25-28(23(29)16-31-25)15-18-7-13-22(26)14-8-18/h2-14,17,25H,15-16H2,1H3,(H,27,30)/t17-,25-/m1/s1. The Morgan fingerprint density at radius 3 is 2.42 bits per heavy atom. The highest BCUT2D eigenvalue weighted by Crippen LogP contribution is 2.39. The lowest BCUT2D eigenvalue weighted by molar-refractivity contribution is -0.128. The molecule has 158 valence electrons. The van der Waals surface area contributed by atoms with Crippen molar-refractivity contribution in [3.8, 4) is 0 Å². The van der Waals surface area contributed by atoms with Crippen molar-refractivity contribution in [3.63, 3.8) is 0 Å². The first kappa shape index (κ1) is 21.5. The fourth-order valence-corrected chi connectivity index (χ4v) is 4.91. The quantitative estimate of drug-likeness (QED) is 0.531. The zero-order valence-corrected chi connectivity index (χ0v) is 18.7. The van der Waals surface area contributed by atoms with E-state index in [1.165, 1.54) is 0 Å². The van der Waals surface area contributed by atoms with Gasteiger partial charge in [-0.25, -0.2) is 0 Å². The Balaban J connectivity index is 1.44. The van der Waals surface area contributed by atoms with E-state index in [9.17, 15) is 9.59 Å². The molecule has 0 bridgehead atoms. The van der Waals surface area contributed by atoms with Gasteiger partial charge < -0.3 is 10.2 Å². The molecule has 3 aromatic rings. The van der Waals surface area contributed by atoms with Gasteiger partial charge in [0.25, 0.3) is 5.91 Å². The Morgan fingerprint density at radius 1 is 1.06 bits per heavy atom. The number of hydrogen-bond acceptors (Lipinski definition) is 3. The summed E-state index contributed by atoms with van der Waals surface area (Å²) in [6.45, 7) is 2.50. The normalized spacial score (nSPS) is 16.9. The molecule has 0 saturated carbocycles. The number of nitrogens with zero attached hydrogens (tertiary/aromatic N) is 1. The summed E-state index contributed by atoms with van der Waals surface area (Å²) >= 11 is 7.58. The SMILES string of the molecule is C[C@@H](NC(=O)c1ccc([C@H]2SCC(=O)N2Cc2ccc(Cl)cc2)cc1)c1ccccc1. The second-order valence-corrected chi connectivity index (χ2v) is 9.04. The summed E-state index contributed by atoms with van der Waals surface area (Å²) in [4.78, 5) is 27.0. The van der Waals surface area contributed by atoms with E-state index >= 15 is 0 Å². The molecule has 1 saturated heterocycles. The van der Waals surface area contributed by atoms with Crippen molar-refractivity contribution in [2.75, 3.05) is 5.75 Å². The summed E-state index contributed by atoms with van der Waals surface area (Å²) in [5, 5.41) is 3.65. The van der Waals surface area contributed by atoms with Gasteiger partial charge in [0.1, 0.15) is 5.37 Å². The van der Waals surface area contributed by atoms with Crippen LogP contribution in [-0.2, 0) is 11.3 Å². The summed E-state index contributed by atoms with van der Waals surface area (Å²) in [5.41, 5.74) is 3.71. The van der Waals surface area contributed by atoms with Crippen molar-refractivity contribution in [3.05, 3.63) is 106 Å². The minimum atomic E-state index is -0.115. The first-order chi connectivity index (χ1) is 15.0. The zero-order valence-electron chi connectivity index (χ0n) is 17.1. The van der Waals surface area contributed by atoms with Crippen LogP contribution in [0, 0.1) is 0 Å². The molecule has 31 heavy (non-hydrogen) atoms. The van der Waals surface area contributed by atoms with E-state index in [1.807, 2.05) is 90.7 Å². The van der Waals surface area contributed by atoms with Gasteiger partial charge in [-0.05, 0) is 47.9 Å². The summed E-state index contributed by atoms with van der Waals surface area (Å²) < 4.78 is 0. The fraction of sp³-hybridized carbons (Fsp3) is 0.200. The van der Waals surface area contributed by atoms with E-state index in [1.54, 1.807) is 11.8 Å². The van der Waals surface area contributed by atoms with Crippen LogP contribution >= 0.6 is 23.4 Å². The molecule has 4 rings (SSSR count). The van der Waals surface area contributed by atoms with Crippen LogP contribution < -0.4 is 5.32 Å². The van der Waals surface area contributed by atoms with E-state index in [-0.39, 0.29) is 23.2 Å². The summed E-state index contributed by atoms with van der Waals surface area (Å²) in [7, 11) is 0. The summed E-state index contributed by atoms with van der Waals surface area (Å²) in [5.74, 6) is 0.453. The van der Waals surface area contributed by atoms with Crippen molar-refractivity contribution in [1.82, 2.24) is 10.2 Å². The highest BCUT2D eigenvalue weighted by atomic mass is 35.5. The molecule has 0 aliphatic carbocycles. The van der Waals surface area contributed by atoms with Crippen molar-refractivity contribution in [1.29, 1.82) is 0 Å². The predicted molar refractivity (Wildman–Crippen MR) is 126 cm³/mol. The van der Waals surface area contributed by atoms with Gasteiger partial charge in [-0.3, -0.25) is 9.59 Å². The average molecular weight is 451 g/mol. The van der Waals surface area contributed by atoms with Crippen molar-refractivity contribution in [2.45, 2.75) is 24.9 Å². The maximum Gasteiger partial charge on any atom is 0.251 e. The van der Waals surface area contributed by atoms with Gasteiger partial charge in [0.15, 0.2) is 0 Å². The van der Waals surface area contributed by atoms with Crippen LogP contribution in [0.4, 0.5) is 0 Å². The van der Waals surface area contributed by atoms with E-state index in [4.69, 9.17) is 11.6 Å². The minimum Gasteiger partial charge on any atom is -0.346 e. The Kier molecular flexibility index (Phi) is 6.64. The van der Waals surface area contributed by atoms with E-state index in [2.05, 4.69) is 5.32 Å². The topological polar surface area (TPSA) is 49.4 Å². The number of rotatable bonds is 6. The van der Waals surface area contributed by atoms with Crippen LogP contribution in [0.1, 0.15) is 45.4 Å². The lowest BCUT2D eigenvalue weighted by Crippen LogP contribution is -2.28. The number of nitrogens with one attached hydrogen (secondary N) is 1. The first-order valence-electron chi connectivity index (χ1n) is 10.1. The third-order valence-corrected chi connectivity index (χ3v) is 6.85. The first-order valence-corrected chi connectivity index (χ1v) is 11.6. The second kappa shape index (κ2) is 9.58. The van der Waals surface area contributed by atoms with E-state index < -0.39 is 0 Å². The molecule has 2 atom stereocenters. The average Bonchev–Trinajstić information content (AvgIpc) is 3.16. The number of amides is 2. The van der Waals surface area contributed by atoms with Crippen LogP contribution in [0.15, 0.2) is 78.9 Å². The third-order valence-electron chi connectivity index (χ3n) is 5.34. The maximum absolute atomic E-state index is 12.7. The molecular weight excluding hydrogens is 428 g/mol. The van der Waals surface area contributed by atoms with E-state index in [0.717, 1.165) is 16.7 Å². The Bertz CT molecular complexity index is 1060. The van der Waals surface area contributed by atoms with Gasteiger partial charge in [0.05, 0.1) is 11.8 Å². The van der Waals surface area contributed by atoms with Crippen molar-refractivity contribution in [2.24, 2.45) is 0 Å². The number of carbonyl (C=O) groups excluding carboxylic acids is 2. The molecule has 4 nitrogen and oxygen atoms in total. The van der Waals surface area contributed by atoms with Crippen LogP contribution in [0.5, 0.6) is 0 Å². The zero-order chi connectivity index (χ0) is 21.8. The molecule has 1 heterocycles.